The molecule has 1 atom stereocenters. The Morgan fingerprint density at radius 2 is 2.06 bits per heavy atom. The van der Waals surface area contributed by atoms with E-state index in [4.69, 9.17) is 21.1 Å². The molecule has 0 bridgehead atoms. The summed E-state index contributed by atoms with van der Waals surface area (Å²) in [6.07, 6.45) is 7.06. The van der Waals surface area contributed by atoms with Crippen molar-refractivity contribution in [1.82, 2.24) is 5.32 Å². The third-order valence-electron chi connectivity index (χ3n) is 5.10. The second-order valence-corrected chi connectivity index (χ2v) is 7.84. The first-order valence-corrected chi connectivity index (χ1v) is 10.6. The van der Waals surface area contributed by atoms with E-state index in [0.717, 1.165) is 36.3 Å². The second kappa shape index (κ2) is 9.81. The summed E-state index contributed by atoms with van der Waals surface area (Å²) in [5.41, 5.74) is 2.57. The number of rotatable bonds is 6. The Bertz CT molecular complexity index is 1040. The molecule has 0 saturated carbocycles. The second-order valence-electron chi connectivity index (χ2n) is 7.40. The maximum atomic E-state index is 12.6. The zero-order valence-corrected chi connectivity index (χ0v) is 17.7. The number of hydrogen-bond acceptors (Lipinski definition) is 4. The van der Waals surface area contributed by atoms with Crippen molar-refractivity contribution < 1.29 is 19.1 Å². The number of nitrogens with one attached hydrogen (secondary N) is 2. The molecule has 4 rings (SSSR count). The van der Waals surface area contributed by atoms with Crippen LogP contribution in [0.2, 0.25) is 5.02 Å². The Balaban J connectivity index is 1.39. The number of halogens is 1. The maximum Gasteiger partial charge on any atom is 0.253 e. The van der Waals surface area contributed by atoms with Gasteiger partial charge in [-0.3, -0.25) is 9.59 Å². The average Bonchev–Trinajstić information content (AvgIpc) is 3.30. The van der Waals surface area contributed by atoms with Gasteiger partial charge in [0.05, 0.1) is 17.4 Å². The maximum absolute atomic E-state index is 12.6. The Hall–Kier alpha value is -3.09. The molecule has 0 radical (unpaired) electrons. The average molecular weight is 439 g/mol. The molecular formula is C24H23ClN2O4. The number of benzene rings is 2. The van der Waals surface area contributed by atoms with E-state index in [2.05, 4.69) is 10.6 Å². The molecule has 2 aliphatic rings. The summed E-state index contributed by atoms with van der Waals surface area (Å²) in [4.78, 5) is 25.0. The summed E-state index contributed by atoms with van der Waals surface area (Å²) in [5, 5.41) is 6.28. The number of carbonyl (C=O) groups is 2. The zero-order chi connectivity index (χ0) is 21.6. The van der Waals surface area contributed by atoms with Crippen LogP contribution in [0.25, 0.3) is 6.08 Å². The van der Waals surface area contributed by atoms with Crippen molar-refractivity contribution in [3.8, 4) is 5.75 Å². The minimum atomic E-state index is -0.336. The van der Waals surface area contributed by atoms with Crippen LogP contribution >= 0.6 is 11.6 Å². The summed E-state index contributed by atoms with van der Waals surface area (Å²) in [6.45, 7) is 1.56. The third-order valence-corrected chi connectivity index (χ3v) is 5.33. The monoisotopic (exact) mass is 438 g/mol. The predicted molar refractivity (Wildman–Crippen MR) is 120 cm³/mol. The van der Waals surface area contributed by atoms with Gasteiger partial charge in [0.1, 0.15) is 12.4 Å². The van der Waals surface area contributed by atoms with E-state index in [0.29, 0.717) is 29.4 Å². The van der Waals surface area contributed by atoms with Gasteiger partial charge in [0, 0.05) is 29.8 Å². The molecule has 6 nitrogen and oxygen atoms in total. The highest BCUT2D eigenvalue weighted by Gasteiger charge is 2.18. The number of anilines is 1. The molecule has 2 aromatic rings. The lowest BCUT2D eigenvalue weighted by molar-refractivity contribution is -0.111. The van der Waals surface area contributed by atoms with E-state index in [1.807, 2.05) is 18.2 Å². The fourth-order valence-electron chi connectivity index (χ4n) is 3.52. The predicted octanol–water partition coefficient (Wildman–Crippen LogP) is 4.22. The fourth-order valence-corrected chi connectivity index (χ4v) is 3.70. The normalized spacial score (nSPS) is 17.6. The van der Waals surface area contributed by atoms with Crippen LogP contribution in [-0.4, -0.2) is 37.7 Å². The molecule has 2 amide bonds. The van der Waals surface area contributed by atoms with E-state index in [1.165, 1.54) is 6.08 Å². The van der Waals surface area contributed by atoms with Crippen molar-refractivity contribution in [3.63, 3.8) is 0 Å². The summed E-state index contributed by atoms with van der Waals surface area (Å²) < 4.78 is 11.2. The van der Waals surface area contributed by atoms with Crippen molar-refractivity contribution in [2.24, 2.45) is 0 Å². The SMILES string of the molecule is O=C(/C=C/C1=Cc2cc(Cl)ccc2OC1)Nc1ccccc1C(=O)NCC1CCCO1. The molecule has 1 saturated heterocycles. The van der Waals surface area contributed by atoms with Gasteiger partial charge < -0.3 is 20.1 Å². The van der Waals surface area contributed by atoms with Crippen LogP contribution in [0, 0.1) is 0 Å². The van der Waals surface area contributed by atoms with Gasteiger partial charge in [-0.25, -0.2) is 0 Å². The first-order valence-electron chi connectivity index (χ1n) is 10.2. The Labute approximate surface area is 185 Å². The fraction of sp³-hybridized carbons (Fsp3) is 0.250. The van der Waals surface area contributed by atoms with Crippen LogP contribution in [0.3, 0.4) is 0 Å². The Morgan fingerprint density at radius 1 is 1.19 bits per heavy atom. The van der Waals surface area contributed by atoms with E-state index in [-0.39, 0.29) is 17.9 Å². The first kappa shape index (κ1) is 21.2. The van der Waals surface area contributed by atoms with E-state index < -0.39 is 0 Å². The van der Waals surface area contributed by atoms with Gasteiger partial charge in [0.2, 0.25) is 5.91 Å². The molecule has 2 heterocycles. The topological polar surface area (TPSA) is 76.7 Å². The van der Waals surface area contributed by atoms with E-state index in [9.17, 15) is 9.59 Å². The number of ether oxygens (including phenoxy) is 2. The molecule has 2 N–H and O–H groups in total. The smallest absolute Gasteiger partial charge is 0.253 e. The summed E-state index contributed by atoms with van der Waals surface area (Å²) in [5.74, 6) is 0.179. The minimum Gasteiger partial charge on any atom is -0.488 e. The van der Waals surface area contributed by atoms with E-state index >= 15 is 0 Å². The van der Waals surface area contributed by atoms with Gasteiger partial charge in [-0.1, -0.05) is 29.8 Å². The molecule has 2 aromatic carbocycles. The first-order chi connectivity index (χ1) is 15.1. The Kier molecular flexibility index (Phi) is 6.70. The van der Waals surface area contributed by atoms with Crippen LogP contribution in [0.15, 0.2) is 60.2 Å². The van der Waals surface area contributed by atoms with Crippen molar-refractivity contribution >= 4 is 35.2 Å². The number of amides is 2. The van der Waals surface area contributed by atoms with Crippen molar-refractivity contribution in [2.45, 2.75) is 18.9 Å². The molecule has 1 unspecified atom stereocenters. The van der Waals surface area contributed by atoms with Crippen molar-refractivity contribution in [2.75, 3.05) is 25.1 Å². The molecule has 2 aliphatic heterocycles. The number of para-hydroxylation sites is 1. The van der Waals surface area contributed by atoms with Crippen LogP contribution in [0.5, 0.6) is 5.75 Å². The molecule has 1 fully saturated rings. The van der Waals surface area contributed by atoms with Gasteiger partial charge >= 0.3 is 0 Å². The molecule has 0 aromatic heterocycles. The lowest BCUT2D eigenvalue weighted by atomic mass is 10.1. The van der Waals surface area contributed by atoms with Crippen LogP contribution < -0.4 is 15.4 Å². The highest BCUT2D eigenvalue weighted by molar-refractivity contribution is 6.30. The van der Waals surface area contributed by atoms with E-state index in [1.54, 1.807) is 36.4 Å². The lowest BCUT2D eigenvalue weighted by Crippen LogP contribution is -2.32. The van der Waals surface area contributed by atoms with Crippen LogP contribution in [0.1, 0.15) is 28.8 Å². The molecule has 160 valence electrons. The molecule has 0 spiro atoms. The third kappa shape index (κ3) is 5.54. The van der Waals surface area contributed by atoms with Gasteiger partial charge in [-0.15, -0.1) is 0 Å². The molecule has 0 aliphatic carbocycles. The molecule has 31 heavy (non-hydrogen) atoms. The Morgan fingerprint density at radius 3 is 2.90 bits per heavy atom. The molecular weight excluding hydrogens is 416 g/mol. The summed E-state index contributed by atoms with van der Waals surface area (Å²) in [7, 11) is 0. The quantitative estimate of drug-likeness (QED) is 0.662. The zero-order valence-electron chi connectivity index (χ0n) is 16.9. The highest BCUT2D eigenvalue weighted by Crippen LogP contribution is 2.29. The molecule has 7 heteroatoms. The number of carbonyl (C=O) groups excluding carboxylic acids is 2. The summed E-state index contributed by atoms with van der Waals surface area (Å²) in [6, 6.07) is 12.3. The van der Waals surface area contributed by atoms with Crippen molar-refractivity contribution in [1.29, 1.82) is 0 Å². The van der Waals surface area contributed by atoms with Gasteiger partial charge in [0.15, 0.2) is 0 Å². The lowest BCUT2D eigenvalue weighted by Gasteiger charge is -2.16. The van der Waals surface area contributed by atoms with Gasteiger partial charge in [-0.05, 0) is 54.8 Å². The summed E-state index contributed by atoms with van der Waals surface area (Å²) >= 11 is 6.04. The van der Waals surface area contributed by atoms with Crippen LogP contribution in [-0.2, 0) is 9.53 Å². The minimum absolute atomic E-state index is 0.0552. The van der Waals surface area contributed by atoms with Crippen LogP contribution in [0.4, 0.5) is 5.69 Å². The highest BCUT2D eigenvalue weighted by atomic mass is 35.5. The van der Waals surface area contributed by atoms with Gasteiger partial charge in [0.25, 0.3) is 5.91 Å². The van der Waals surface area contributed by atoms with Gasteiger partial charge in [-0.2, -0.15) is 0 Å². The number of fused-ring (bicyclic) bond motifs is 1. The standard InChI is InChI=1S/C24H23ClN2O4/c25-18-8-9-22-17(13-18)12-16(15-31-22)7-10-23(28)27-21-6-2-1-5-20(21)24(29)26-14-19-4-3-11-30-19/h1-2,5-10,12-13,19H,3-4,11,14-15H2,(H,26,29)(H,27,28)/b10-7+. The number of hydrogen-bond donors (Lipinski definition) is 2. The van der Waals surface area contributed by atoms with Crippen molar-refractivity contribution in [3.05, 3.63) is 76.3 Å². The largest absolute Gasteiger partial charge is 0.488 e.